The number of hydrogen-bond acceptors (Lipinski definition) is 4. The summed E-state index contributed by atoms with van der Waals surface area (Å²) in [5.74, 6) is 0.428. The molecule has 1 heterocycles. The number of aliphatic imine (C=N–C) groups is 1. The van der Waals surface area contributed by atoms with Gasteiger partial charge in [-0.05, 0) is 30.2 Å². The van der Waals surface area contributed by atoms with Gasteiger partial charge in [0.2, 0.25) is 5.88 Å². The first-order valence-electron chi connectivity index (χ1n) is 9.65. The number of pyridine rings is 1. The van der Waals surface area contributed by atoms with E-state index >= 15 is 0 Å². The molecule has 0 aliphatic carbocycles. The molecular formula is C21H26F3N5O2. The van der Waals surface area contributed by atoms with Crippen molar-refractivity contribution < 1.29 is 22.7 Å². The van der Waals surface area contributed by atoms with E-state index < -0.39 is 12.8 Å². The zero-order chi connectivity index (χ0) is 22.9. The van der Waals surface area contributed by atoms with Crippen molar-refractivity contribution in [2.45, 2.75) is 26.2 Å². The number of carbonyl (C=O) groups is 1. The molecule has 0 unspecified atom stereocenters. The Morgan fingerprint density at radius 1 is 1.10 bits per heavy atom. The van der Waals surface area contributed by atoms with Crippen molar-refractivity contribution in [2.24, 2.45) is 4.99 Å². The van der Waals surface area contributed by atoms with Crippen molar-refractivity contribution in [3.63, 3.8) is 0 Å². The predicted octanol–water partition coefficient (Wildman–Crippen LogP) is 2.98. The van der Waals surface area contributed by atoms with Gasteiger partial charge >= 0.3 is 6.18 Å². The minimum absolute atomic E-state index is 0.0576. The van der Waals surface area contributed by atoms with Crippen molar-refractivity contribution in [3.05, 3.63) is 59.3 Å². The minimum atomic E-state index is -4.40. The molecule has 0 aliphatic rings. The molecule has 31 heavy (non-hydrogen) atoms. The van der Waals surface area contributed by atoms with Crippen molar-refractivity contribution in [1.29, 1.82) is 0 Å². The molecule has 0 bridgehead atoms. The fraction of sp³-hybridized carbons (Fsp3) is 0.381. The number of alkyl halides is 3. The first kappa shape index (κ1) is 24.0. The lowest BCUT2D eigenvalue weighted by atomic mass is 10.1. The van der Waals surface area contributed by atoms with Gasteiger partial charge in [-0.1, -0.05) is 18.2 Å². The molecule has 0 saturated carbocycles. The van der Waals surface area contributed by atoms with Crippen molar-refractivity contribution >= 4 is 11.9 Å². The van der Waals surface area contributed by atoms with Crippen LogP contribution in [0.4, 0.5) is 13.2 Å². The van der Waals surface area contributed by atoms with Gasteiger partial charge in [0.15, 0.2) is 12.6 Å². The molecule has 1 amide bonds. The third-order valence-electron chi connectivity index (χ3n) is 4.01. The predicted molar refractivity (Wildman–Crippen MR) is 112 cm³/mol. The summed E-state index contributed by atoms with van der Waals surface area (Å²) in [6.45, 7) is 2.01. The van der Waals surface area contributed by atoms with Crippen LogP contribution in [0.5, 0.6) is 5.88 Å². The van der Waals surface area contributed by atoms with Crippen LogP contribution >= 0.6 is 0 Å². The van der Waals surface area contributed by atoms with Crippen LogP contribution in [0.3, 0.4) is 0 Å². The highest BCUT2D eigenvalue weighted by molar-refractivity contribution is 5.93. The summed E-state index contributed by atoms with van der Waals surface area (Å²) >= 11 is 0. The lowest BCUT2D eigenvalue weighted by Gasteiger charge is -2.13. The zero-order valence-electron chi connectivity index (χ0n) is 17.7. The second-order valence-corrected chi connectivity index (χ2v) is 6.85. The number of amides is 1. The Kier molecular flexibility index (Phi) is 8.65. The molecule has 0 saturated heterocycles. The maximum absolute atomic E-state index is 12.2. The van der Waals surface area contributed by atoms with E-state index in [9.17, 15) is 18.0 Å². The molecule has 0 spiro atoms. The Labute approximate surface area is 179 Å². The smallest absolute Gasteiger partial charge is 0.422 e. The summed E-state index contributed by atoms with van der Waals surface area (Å²) in [5.41, 5.74) is 2.32. The average Bonchev–Trinajstić information content (AvgIpc) is 2.74. The quantitative estimate of drug-likeness (QED) is 0.490. The van der Waals surface area contributed by atoms with Crippen molar-refractivity contribution in [3.8, 4) is 5.88 Å². The van der Waals surface area contributed by atoms with Crippen LogP contribution in [0.1, 0.15) is 28.4 Å². The van der Waals surface area contributed by atoms with Gasteiger partial charge in [0.1, 0.15) is 0 Å². The largest absolute Gasteiger partial charge is 0.468 e. The highest BCUT2D eigenvalue weighted by Gasteiger charge is 2.28. The van der Waals surface area contributed by atoms with E-state index in [0.29, 0.717) is 24.6 Å². The Hall–Kier alpha value is -3.30. The molecule has 0 atom stereocenters. The van der Waals surface area contributed by atoms with E-state index in [1.165, 1.54) is 17.2 Å². The molecule has 0 fully saturated rings. The Morgan fingerprint density at radius 2 is 1.77 bits per heavy atom. The lowest BCUT2D eigenvalue weighted by Crippen LogP contribution is -2.36. The fourth-order valence-corrected chi connectivity index (χ4v) is 2.47. The lowest BCUT2D eigenvalue weighted by molar-refractivity contribution is -0.154. The van der Waals surface area contributed by atoms with Crippen LogP contribution < -0.4 is 15.4 Å². The summed E-state index contributed by atoms with van der Waals surface area (Å²) in [4.78, 5) is 21.8. The standard InChI is InChI=1S/C21H26F3N5O2/c1-4-25-20(27-11-15-5-8-17(9-6-15)19(30)29(2)3)28-13-16-7-10-18(26-12-16)31-14-21(22,23)24/h5-10,12H,4,11,13-14H2,1-3H3,(H2,25,27,28). The fourth-order valence-electron chi connectivity index (χ4n) is 2.47. The number of hydrogen-bond donors (Lipinski definition) is 2. The number of aromatic nitrogens is 1. The van der Waals surface area contributed by atoms with E-state index in [1.54, 1.807) is 32.3 Å². The summed E-state index contributed by atoms with van der Waals surface area (Å²) in [5, 5.41) is 6.32. The molecule has 0 radical (unpaired) electrons. The Balaban J connectivity index is 1.92. The first-order chi connectivity index (χ1) is 14.7. The topological polar surface area (TPSA) is 78.9 Å². The number of benzene rings is 1. The molecule has 2 aromatic rings. The number of carbonyl (C=O) groups excluding carboxylic acids is 1. The number of halogens is 3. The normalized spacial score (nSPS) is 11.7. The molecule has 10 heteroatoms. The van der Waals surface area contributed by atoms with E-state index in [1.807, 2.05) is 19.1 Å². The zero-order valence-corrected chi connectivity index (χ0v) is 17.7. The third kappa shape index (κ3) is 8.53. The second-order valence-electron chi connectivity index (χ2n) is 6.85. The van der Waals surface area contributed by atoms with Crippen LogP contribution in [0.25, 0.3) is 0 Å². The van der Waals surface area contributed by atoms with Gasteiger partial charge in [-0.15, -0.1) is 0 Å². The van der Waals surface area contributed by atoms with Crippen LogP contribution in [-0.4, -0.2) is 55.2 Å². The molecule has 1 aromatic carbocycles. The number of guanidine groups is 1. The molecule has 0 aliphatic heterocycles. The Bertz CT molecular complexity index is 866. The summed E-state index contributed by atoms with van der Waals surface area (Å²) in [7, 11) is 3.41. The van der Waals surface area contributed by atoms with Crippen LogP contribution in [-0.2, 0) is 13.1 Å². The summed E-state index contributed by atoms with van der Waals surface area (Å²) in [6, 6.07) is 10.3. The van der Waals surface area contributed by atoms with Crippen LogP contribution in [0.15, 0.2) is 47.6 Å². The maximum Gasteiger partial charge on any atom is 0.422 e. The van der Waals surface area contributed by atoms with Gasteiger partial charge in [-0.3, -0.25) is 4.79 Å². The van der Waals surface area contributed by atoms with Gasteiger partial charge in [0.25, 0.3) is 5.91 Å². The number of nitrogens with zero attached hydrogens (tertiary/aromatic N) is 3. The SMILES string of the molecule is CCNC(=NCc1ccc(OCC(F)(F)F)nc1)NCc1ccc(C(=O)N(C)C)cc1. The molecule has 7 nitrogen and oxygen atoms in total. The van der Waals surface area contributed by atoms with Gasteiger partial charge in [-0.2, -0.15) is 13.2 Å². The van der Waals surface area contributed by atoms with E-state index in [-0.39, 0.29) is 18.3 Å². The molecular weight excluding hydrogens is 411 g/mol. The van der Waals surface area contributed by atoms with E-state index in [0.717, 1.165) is 11.1 Å². The van der Waals surface area contributed by atoms with Crippen molar-refractivity contribution in [1.82, 2.24) is 20.5 Å². The first-order valence-corrected chi connectivity index (χ1v) is 9.65. The molecule has 2 N–H and O–H groups in total. The van der Waals surface area contributed by atoms with Crippen molar-refractivity contribution in [2.75, 3.05) is 27.2 Å². The summed E-state index contributed by atoms with van der Waals surface area (Å²) < 4.78 is 41.1. The highest BCUT2D eigenvalue weighted by atomic mass is 19.4. The summed E-state index contributed by atoms with van der Waals surface area (Å²) in [6.07, 6.45) is -2.97. The monoisotopic (exact) mass is 437 g/mol. The number of rotatable bonds is 8. The van der Waals surface area contributed by atoms with Gasteiger partial charge in [-0.25, -0.2) is 9.98 Å². The Morgan fingerprint density at radius 3 is 2.32 bits per heavy atom. The van der Waals surface area contributed by atoms with E-state index in [2.05, 4.69) is 25.3 Å². The van der Waals surface area contributed by atoms with Gasteiger partial charge in [0.05, 0.1) is 6.54 Å². The minimum Gasteiger partial charge on any atom is -0.468 e. The maximum atomic E-state index is 12.2. The number of ether oxygens (including phenoxy) is 1. The third-order valence-corrected chi connectivity index (χ3v) is 4.01. The molecule has 2 rings (SSSR count). The molecule has 1 aromatic heterocycles. The van der Waals surface area contributed by atoms with E-state index in [4.69, 9.17) is 0 Å². The highest BCUT2D eigenvalue weighted by Crippen LogP contribution is 2.17. The molecule has 168 valence electrons. The second kappa shape index (κ2) is 11.2. The van der Waals surface area contributed by atoms with Crippen LogP contribution in [0, 0.1) is 0 Å². The number of nitrogens with one attached hydrogen (secondary N) is 2. The average molecular weight is 437 g/mol. The van der Waals surface area contributed by atoms with Gasteiger partial charge < -0.3 is 20.3 Å². The van der Waals surface area contributed by atoms with Gasteiger partial charge in [0, 0.05) is 45.0 Å². The van der Waals surface area contributed by atoms with Crippen LogP contribution in [0.2, 0.25) is 0 Å².